The molecule has 5 rings (SSSR count). The van der Waals surface area contributed by atoms with E-state index in [0.717, 1.165) is 22.0 Å². The average Bonchev–Trinajstić information content (AvgIpc) is 3.43. The molecular weight excluding hydrogens is 431 g/mol. The van der Waals surface area contributed by atoms with Crippen molar-refractivity contribution < 1.29 is 4.39 Å². The van der Waals surface area contributed by atoms with Gasteiger partial charge in [-0.25, -0.2) is 14.4 Å². The van der Waals surface area contributed by atoms with Crippen molar-refractivity contribution in [3.8, 4) is 22.6 Å². The fourth-order valence-electron chi connectivity index (χ4n) is 3.44. The lowest BCUT2D eigenvalue weighted by Gasteiger charge is -2.14. The Bertz CT molecular complexity index is 1420. The molecule has 0 atom stereocenters. The van der Waals surface area contributed by atoms with Crippen LogP contribution < -0.4 is 11.1 Å². The molecule has 160 valence electrons. The third-order valence-corrected chi connectivity index (χ3v) is 5.32. The Labute approximate surface area is 187 Å². The van der Waals surface area contributed by atoms with Gasteiger partial charge in [-0.1, -0.05) is 23.7 Å². The van der Waals surface area contributed by atoms with Gasteiger partial charge in [-0.05, 0) is 35.9 Å². The lowest BCUT2D eigenvalue weighted by Crippen LogP contribution is -2.09. The summed E-state index contributed by atoms with van der Waals surface area (Å²) in [5, 5.41) is 16.0. The second kappa shape index (κ2) is 7.93. The highest BCUT2D eigenvalue weighted by Crippen LogP contribution is 2.35. The van der Waals surface area contributed by atoms with Crippen molar-refractivity contribution in [2.45, 2.75) is 6.54 Å². The number of fused-ring (bicyclic) bond motifs is 1. The van der Waals surface area contributed by atoms with E-state index in [1.165, 1.54) is 12.1 Å². The summed E-state index contributed by atoms with van der Waals surface area (Å²) < 4.78 is 14.9. The highest BCUT2D eigenvalue weighted by atomic mass is 35.5. The number of benzene rings is 2. The Balaban J connectivity index is 1.61. The van der Waals surface area contributed by atoms with E-state index in [0.29, 0.717) is 34.5 Å². The summed E-state index contributed by atoms with van der Waals surface area (Å²) in [4.78, 5) is 9.39. The normalized spacial score (nSPS) is 11.2. The lowest BCUT2D eigenvalue weighted by atomic mass is 10.1. The van der Waals surface area contributed by atoms with Gasteiger partial charge in [0.2, 0.25) is 0 Å². The molecule has 0 saturated heterocycles. The summed E-state index contributed by atoms with van der Waals surface area (Å²) in [6.45, 7) is 0.406. The number of hydrogen-bond donors (Lipinski definition) is 3. The third-order valence-electron chi connectivity index (χ3n) is 5.03. The fourth-order valence-corrected chi connectivity index (χ4v) is 3.71. The number of rotatable bonds is 5. The molecule has 2 aromatic carbocycles. The van der Waals surface area contributed by atoms with Crippen molar-refractivity contribution in [2.24, 2.45) is 7.05 Å². The van der Waals surface area contributed by atoms with Gasteiger partial charge < -0.3 is 11.1 Å². The first-order chi connectivity index (χ1) is 15.5. The van der Waals surface area contributed by atoms with Crippen LogP contribution in [0, 0.1) is 5.82 Å². The predicted octanol–water partition coefficient (Wildman–Crippen LogP) is 4.41. The van der Waals surface area contributed by atoms with Gasteiger partial charge in [-0.15, -0.1) is 0 Å². The number of halogens is 2. The number of hydrogen-bond acceptors (Lipinski definition) is 6. The number of anilines is 2. The van der Waals surface area contributed by atoms with Crippen LogP contribution in [0.15, 0.2) is 54.9 Å². The van der Waals surface area contributed by atoms with Crippen LogP contribution in [-0.2, 0) is 13.6 Å². The molecular formula is C22H18ClFN8. The SMILES string of the molecule is Cn1ccc(-c2nc(N)c(NCc3ccc(F)cc3)nc2-c2cc(Cl)c3[nH]ncc3c2)n1. The molecule has 32 heavy (non-hydrogen) atoms. The van der Waals surface area contributed by atoms with E-state index in [4.69, 9.17) is 22.3 Å². The molecule has 0 unspecified atom stereocenters. The van der Waals surface area contributed by atoms with Gasteiger partial charge in [0.15, 0.2) is 11.6 Å². The molecule has 0 aliphatic heterocycles. The van der Waals surface area contributed by atoms with Gasteiger partial charge in [0.1, 0.15) is 22.9 Å². The zero-order valence-corrected chi connectivity index (χ0v) is 17.7. The van der Waals surface area contributed by atoms with Crippen molar-refractivity contribution in [3.63, 3.8) is 0 Å². The third kappa shape index (κ3) is 3.74. The zero-order valence-electron chi connectivity index (χ0n) is 17.0. The average molecular weight is 449 g/mol. The van der Waals surface area contributed by atoms with E-state index in [9.17, 15) is 4.39 Å². The van der Waals surface area contributed by atoms with Crippen LogP contribution in [-0.4, -0.2) is 29.9 Å². The summed E-state index contributed by atoms with van der Waals surface area (Å²) >= 11 is 6.47. The highest BCUT2D eigenvalue weighted by Gasteiger charge is 2.19. The monoisotopic (exact) mass is 448 g/mol. The van der Waals surface area contributed by atoms with Crippen LogP contribution in [0.2, 0.25) is 5.02 Å². The zero-order chi connectivity index (χ0) is 22.2. The van der Waals surface area contributed by atoms with Gasteiger partial charge in [0, 0.05) is 30.7 Å². The molecule has 0 spiro atoms. The van der Waals surface area contributed by atoms with Gasteiger partial charge in [0.05, 0.1) is 16.7 Å². The first kappa shape index (κ1) is 20.0. The Kier molecular flexibility index (Phi) is 4.95. The smallest absolute Gasteiger partial charge is 0.169 e. The Morgan fingerprint density at radius 2 is 1.94 bits per heavy atom. The number of nitrogens with two attached hydrogens (primary N) is 1. The summed E-state index contributed by atoms with van der Waals surface area (Å²) in [5.41, 5.74) is 10.4. The standard InChI is InChI=1S/C22H18ClFN8/c1-32-7-6-17(31-32)20-19(13-8-14-11-27-30-18(14)16(23)9-13)29-22(21(25)28-20)26-10-12-2-4-15(24)5-3-12/h2-9,11H,10H2,1H3,(H2,25,28)(H,26,29)(H,27,30). The summed E-state index contributed by atoms with van der Waals surface area (Å²) in [6.07, 6.45) is 3.52. The van der Waals surface area contributed by atoms with Gasteiger partial charge in [-0.2, -0.15) is 10.2 Å². The molecule has 0 saturated carbocycles. The minimum Gasteiger partial charge on any atom is -0.381 e. The molecule has 3 aromatic heterocycles. The number of aromatic amines is 1. The van der Waals surface area contributed by atoms with Crippen molar-refractivity contribution in [1.82, 2.24) is 29.9 Å². The van der Waals surface area contributed by atoms with Crippen molar-refractivity contribution in [2.75, 3.05) is 11.1 Å². The molecule has 0 fully saturated rings. The molecule has 0 bridgehead atoms. The minimum absolute atomic E-state index is 0.229. The Morgan fingerprint density at radius 1 is 1.12 bits per heavy atom. The maximum atomic E-state index is 13.2. The largest absolute Gasteiger partial charge is 0.381 e. The van der Waals surface area contributed by atoms with E-state index in [1.807, 2.05) is 25.4 Å². The van der Waals surface area contributed by atoms with Crippen LogP contribution in [0.4, 0.5) is 16.0 Å². The quantitative estimate of drug-likeness (QED) is 0.367. The van der Waals surface area contributed by atoms with E-state index in [-0.39, 0.29) is 11.6 Å². The molecule has 0 amide bonds. The number of aryl methyl sites for hydroxylation is 1. The number of nitrogens with zero attached hydrogens (tertiary/aromatic N) is 5. The lowest BCUT2D eigenvalue weighted by molar-refractivity contribution is 0.627. The van der Waals surface area contributed by atoms with Crippen LogP contribution in [0.1, 0.15) is 5.56 Å². The second-order valence-corrected chi connectivity index (χ2v) is 7.71. The summed E-state index contributed by atoms with van der Waals surface area (Å²) in [6, 6.07) is 11.8. The van der Waals surface area contributed by atoms with Crippen LogP contribution in [0.5, 0.6) is 0 Å². The molecule has 0 aliphatic carbocycles. The number of nitrogens with one attached hydrogen (secondary N) is 2. The molecule has 3 heterocycles. The second-order valence-electron chi connectivity index (χ2n) is 7.30. The number of H-pyrrole nitrogens is 1. The number of nitrogen functional groups attached to an aromatic ring is 1. The van der Waals surface area contributed by atoms with Crippen molar-refractivity contribution in [1.29, 1.82) is 0 Å². The van der Waals surface area contributed by atoms with E-state index < -0.39 is 0 Å². The van der Waals surface area contributed by atoms with Gasteiger partial charge in [-0.3, -0.25) is 9.78 Å². The van der Waals surface area contributed by atoms with Crippen LogP contribution >= 0.6 is 11.6 Å². The topological polar surface area (TPSA) is 110 Å². The van der Waals surface area contributed by atoms with Crippen molar-refractivity contribution >= 4 is 34.1 Å². The molecule has 0 aliphatic rings. The van der Waals surface area contributed by atoms with Gasteiger partial charge in [0.25, 0.3) is 0 Å². The minimum atomic E-state index is -0.290. The maximum absolute atomic E-state index is 13.2. The van der Waals surface area contributed by atoms with Crippen molar-refractivity contribution in [3.05, 3.63) is 71.3 Å². The van der Waals surface area contributed by atoms with Crippen LogP contribution in [0.3, 0.4) is 0 Å². The molecule has 10 heteroatoms. The molecule has 5 aromatic rings. The first-order valence-electron chi connectivity index (χ1n) is 9.77. The predicted molar refractivity (Wildman–Crippen MR) is 122 cm³/mol. The fraction of sp³-hybridized carbons (Fsp3) is 0.0909. The molecule has 4 N–H and O–H groups in total. The molecule has 0 radical (unpaired) electrons. The summed E-state index contributed by atoms with van der Waals surface area (Å²) in [5.74, 6) is 0.348. The van der Waals surface area contributed by atoms with E-state index in [2.05, 4.69) is 25.6 Å². The van der Waals surface area contributed by atoms with E-state index in [1.54, 1.807) is 29.1 Å². The van der Waals surface area contributed by atoms with Crippen LogP contribution in [0.25, 0.3) is 33.5 Å². The Morgan fingerprint density at radius 3 is 2.69 bits per heavy atom. The first-order valence-corrected chi connectivity index (χ1v) is 10.1. The summed E-state index contributed by atoms with van der Waals surface area (Å²) in [7, 11) is 1.83. The van der Waals surface area contributed by atoms with Gasteiger partial charge >= 0.3 is 0 Å². The number of aromatic nitrogens is 6. The highest BCUT2D eigenvalue weighted by molar-refractivity contribution is 6.35. The Hall–Kier alpha value is -3.98. The maximum Gasteiger partial charge on any atom is 0.169 e. The van der Waals surface area contributed by atoms with E-state index >= 15 is 0 Å². The molecule has 8 nitrogen and oxygen atoms in total.